The summed E-state index contributed by atoms with van der Waals surface area (Å²) >= 11 is 0. The van der Waals surface area contributed by atoms with Crippen LogP contribution < -0.4 is 10.0 Å². The Hall–Kier alpha value is -0.210. The van der Waals surface area contributed by atoms with E-state index in [1.165, 1.54) is 0 Å². The fourth-order valence-corrected chi connectivity index (χ4v) is 2.08. The monoisotopic (exact) mass is 254 g/mol. The first kappa shape index (κ1) is 15.8. The van der Waals surface area contributed by atoms with E-state index in [4.69, 9.17) is 9.47 Å². The second-order valence-electron chi connectivity index (χ2n) is 3.41. The minimum atomic E-state index is -3.24. The van der Waals surface area contributed by atoms with Crippen molar-refractivity contribution in [2.24, 2.45) is 0 Å². The lowest BCUT2D eigenvalue weighted by Gasteiger charge is -2.13. The molecule has 0 fully saturated rings. The molecule has 0 aromatic heterocycles. The van der Waals surface area contributed by atoms with Crippen molar-refractivity contribution in [2.75, 3.05) is 47.1 Å². The van der Waals surface area contributed by atoms with Crippen molar-refractivity contribution in [2.45, 2.75) is 12.2 Å². The van der Waals surface area contributed by atoms with Gasteiger partial charge in [-0.3, -0.25) is 0 Å². The number of sulfonamides is 1. The Bertz CT molecular complexity index is 256. The van der Waals surface area contributed by atoms with E-state index in [0.29, 0.717) is 32.9 Å². The highest BCUT2D eigenvalue weighted by Gasteiger charge is 2.18. The lowest BCUT2D eigenvalue weighted by atomic mass is 10.5. The molecule has 98 valence electrons. The Balaban J connectivity index is 3.66. The summed E-state index contributed by atoms with van der Waals surface area (Å²) in [6.45, 7) is 3.73. The second-order valence-corrected chi connectivity index (χ2v) is 5.60. The van der Waals surface area contributed by atoms with Crippen molar-refractivity contribution in [1.82, 2.24) is 10.0 Å². The summed E-state index contributed by atoms with van der Waals surface area (Å²) in [6, 6.07) is 0. The van der Waals surface area contributed by atoms with E-state index in [9.17, 15) is 8.42 Å². The van der Waals surface area contributed by atoms with Crippen LogP contribution in [0.4, 0.5) is 0 Å². The van der Waals surface area contributed by atoms with Crippen LogP contribution in [-0.2, 0) is 19.5 Å². The third kappa shape index (κ3) is 7.13. The maximum Gasteiger partial charge on any atom is 0.215 e. The Labute approximate surface area is 97.7 Å². The molecule has 0 saturated heterocycles. The molecule has 7 heteroatoms. The molecular formula is C9H22N2O4S. The first-order chi connectivity index (χ1) is 7.54. The largest absolute Gasteiger partial charge is 0.382 e. The summed E-state index contributed by atoms with van der Waals surface area (Å²) in [6.07, 6.45) is 0. The van der Waals surface area contributed by atoms with Crippen molar-refractivity contribution in [3.8, 4) is 0 Å². The van der Waals surface area contributed by atoms with Gasteiger partial charge in [0, 0.05) is 20.2 Å². The molecule has 0 aliphatic carbocycles. The van der Waals surface area contributed by atoms with Crippen molar-refractivity contribution < 1.29 is 17.9 Å². The number of methoxy groups -OCH3 is 1. The fraction of sp³-hybridized carbons (Fsp3) is 1.00. The highest BCUT2D eigenvalue weighted by atomic mass is 32.2. The van der Waals surface area contributed by atoms with Crippen LogP contribution in [0.2, 0.25) is 0 Å². The lowest BCUT2D eigenvalue weighted by Crippen LogP contribution is -2.39. The number of rotatable bonds is 10. The summed E-state index contributed by atoms with van der Waals surface area (Å²) < 4.78 is 35.6. The van der Waals surface area contributed by atoms with Gasteiger partial charge in [-0.25, -0.2) is 13.1 Å². The summed E-state index contributed by atoms with van der Waals surface area (Å²) in [5.41, 5.74) is 0. The maximum absolute atomic E-state index is 11.6. The molecule has 1 unspecified atom stereocenters. The first-order valence-electron chi connectivity index (χ1n) is 5.24. The zero-order valence-corrected chi connectivity index (χ0v) is 11.0. The molecule has 6 nitrogen and oxygen atoms in total. The van der Waals surface area contributed by atoms with Gasteiger partial charge in [-0.1, -0.05) is 0 Å². The van der Waals surface area contributed by atoms with E-state index >= 15 is 0 Å². The van der Waals surface area contributed by atoms with Crippen LogP contribution in [0.1, 0.15) is 6.92 Å². The Morgan fingerprint density at radius 2 is 1.94 bits per heavy atom. The number of ether oxygens (including phenoxy) is 2. The standard InChI is InChI=1S/C9H22N2O4S/c1-9(8-10-2)16(12,13)11-4-5-15-7-6-14-3/h9-11H,4-8H2,1-3H3. The van der Waals surface area contributed by atoms with Gasteiger partial charge in [-0.05, 0) is 14.0 Å². The molecule has 0 saturated carbocycles. The highest BCUT2D eigenvalue weighted by molar-refractivity contribution is 7.90. The van der Waals surface area contributed by atoms with E-state index in [1.807, 2.05) is 0 Å². The predicted molar refractivity (Wildman–Crippen MR) is 63.0 cm³/mol. The molecule has 16 heavy (non-hydrogen) atoms. The van der Waals surface area contributed by atoms with E-state index in [1.54, 1.807) is 21.1 Å². The Kier molecular flexibility index (Phi) is 8.77. The fourth-order valence-electron chi connectivity index (χ4n) is 1.04. The summed E-state index contributed by atoms with van der Waals surface area (Å²) in [4.78, 5) is 0. The maximum atomic E-state index is 11.6. The molecule has 0 radical (unpaired) electrons. The highest BCUT2D eigenvalue weighted by Crippen LogP contribution is 1.95. The average molecular weight is 254 g/mol. The van der Waals surface area contributed by atoms with Gasteiger partial charge in [0.2, 0.25) is 10.0 Å². The van der Waals surface area contributed by atoms with Crippen molar-refractivity contribution in [1.29, 1.82) is 0 Å². The molecule has 0 aromatic rings. The van der Waals surface area contributed by atoms with E-state index in [0.717, 1.165) is 0 Å². The molecular weight excluding hydrogens is 232 g/mol. The van der Waals surface area contributed by atoms with Crippen LogP contribution in [0.25, 0.3) is 0 Å². The lowest BCUT2D eigenvalue weighted by molar-refractivity contribution is 0.0736. The summed E-state index contributed by atoms with van der Waals surface area (Å²) in [7, 11) is 0.0720. The quantitative estimate of drug-likeness (QED) is 0.498. The van der Waals surface area contributed by atoms with Crippen LogP contribution in [0.3, 0.4) is 0 Å². The van der Waals surface area contributed by atoms with E-state index in [-0.39, 0.29) is 0 Å². The van der Waals surface area contributed by atoms with Crippen LogP contribution in [0.15, 0.2) is 0 Å². The predicted octanol–water partition coefficient (Wildman–Crippen LogP) is -0.823. The zero-order valence-electron chi connectivity index (χ0n) is 10.2. The normalized spacial score (nSPS) is 13.9. The number of hydrogen-bond donors (Lipinski definition) is 2. The topological polar surface area (TPSA) is 76.7 Å². The molecule has 1 atom stereocenters. The average Bonchev–Trinajstić information content (AvgIpc) is 2.23. The minimum Gasteiger partial charge on any atom is -0.382 e. The van der Waals surface area contributed by atoms with Crippen LogP contribution >= 0.6 is 0 Å². The third-order valence-electron chi connectivity index (χ3n) is 2.00. The molecule has 0 amide bonds. The number of nitrogens with one attached hydrogen (secondary N) is 2. The molecule has 0 heterocycles. The Morgan fingerprint density at radius 3 is 2.50 bits per heavy atom. The molecule has 0 aliphatic heterocycles. The second kappa shape index (κ2) is 8.89. The van der Waals surface area contributed by atoms with Gasteiger partial charge >= 0.3 is 0 Å². The molecule has 0 spiro atoms. The molecule has 0 aliphatic rings. The van der Waals surface area contributed by atoms with Crippen molar-refractivity contribution >= 4 is 10.0 Å². The Morgan fingerprint density at radius 1 is 1.25 bits per heavy atom. The zero-order chi connectivity index (χ0) is 12.4. The van der Waals surface area contributed by atoms with E-state index in [2.05, 4.69) is 10.0 Å². The van der Waals surface area contributed by atoms with Crippen LogP contribution in [0, 0.1) is 0 Å². The number of hydrogen-bond acceptors (Lipinski definition) is 5. The van der Waals surface area contributed by atoms with Gasteiger partial charge in [0.25, 0.3) is 0 Å². The van der Waals surface area contributed by atoms with Crippen LogP contribution in [-0.4, -0.2) is 60.7 Å². The van der Waals surface area contributed by atoms with Crippen LogP contribution in [0.5, 0.6) is 0 Å². The van der Waals surface area contributed by atoms with Gasteiger partial charge in [0.15, 0.2) is 0 Å². The van der Waals surface area contributed by atoms with Gasteiger partial charge in [-0.15, -0.1) is 0 Å². The molecule has 0 bridgehead atoms. The summed E-state index contributed by atoms with van der Waals surface area (Å²) in [5, 5.41) is 2.38. The van der Waals surface area contributed by atoms with Gasteiger partial charge in [0.1, 0.15) is 0 Å². The smallest absolute Gasteiger partial charge is 0.215 e. The minimum absolute atomic E-state index is 0.292. The molecule has 0 aromatic carbocycles. The van der Waals surface area contributed by atoms with Gasteiger partial charge in [-0.2, -0.15) is 0 Å². The first-order valence-corrected chi connectivity index (χ1v) is 6.79. The molecule has 2 N–H and O–H groups in total. The molecule has 0 rings (SSSR count). The van der Waals surface area contributed by atoms with Gasteiger partial charge in [0.05, 0.1) is 25.1 Å². The summed E-state index contributed by atoms with van der Waals surface area (Å²) in [5.74, 6) is 0. The van der Waals surface area contributed by atoms with Crippen molar-refractivity contribution in [3.63, 3.8) is 0 Å². The third-order valence-corrected chi connectivity index (χ3v) is 3.84. The van der Waals surface area contributed by atoms with Crippen molar-refractivity contribution in [3.05, 3.63) is 0 Å². The SMILES string of the molecule is CNCC(C)S(=O)(=O)NCCOCCOC. The van der Waals surface area contributed by atoms with Gasteiger partial charge < -0.3 is 14.8 Å². The van der Waals surface area contributed by atoms with E-state index < -0.39 is 15.3 Å².